The van der Waals surface area contributed by atoms with Crippen LogP contribution in [0.3, 0.4) is 0 Å². The van der Waals surface area contributed by atoms with Crippen LogP contribution in [-0.2, 0) is 23.8 Å². The number of carbonyl (C=O) groups excluding carboxylic acids is 4. The van der Waals surface area contributed by atoms with Crippen LogP contribution in [0.5, 0.6) is 17.2 Å². The quantitative estimate of drug-likeness (QED) is 0.114. The van der Waals surface area contributed by atoms with E-state index in [0.29, 0.717) is 23.1 Å². The highest BCUT2D eigenvalue weighted by Gasteiger charge is 2.34. The van der Waals surface area contributed by atoms with Crippen LogP contribution in [0.1, 0.15) is 70.3 Å². The second kappa shape index (κ2) is 18.8. The maximum absolute atomic E-state index is 15.3. The van der Waals surface area contributed by atoms with Crippen LogP contribution in [-0.4, -0.2) is 94.6 Å². The van der Waals surface area contributed by atoms with Crippen LogP contribution in [0.15, 0.2) is 59.1 Å². The van der Waals surface area contributed by atoms with Gasteiger partial charge in [0, 0.05) is 31.9 Å². The van der Waals surface area contributed by atoms with Crippen LogP contribution in [0.25, 0.3) is 0 Å². The molecule has 0 spiro atoms. The molecule has 0 bridgehead atoms. The van der Waals surface area contributed by atoms with E-state index in [0.717, 1.165) is 0 Å². The van der Waals surface area contributed by atoms with Crippen molar-refractivity contribution in [3.8, 4) is 17.2 Å². The number of nitrogens with one attached hydrogen (secondary N) is 1. The van der Waals surface area contributed by atoms with Crippen LogP contribution < -0.4 is 19.5 Å². The first-order valence-corrected chi connectivity index (χ1v) is 17.3. The average Bonchev–Trinajstić information content (AvgIpc) is 3.29. The summed E-state index contributed by atoms with van der Waals surface area (Å²) in [6.45, 7) is 5.12. The Morgan fingerprint density at radius 3 is 2.09 bits per heavy atom. The molecule has 16 heteroatoms. The van der Waals surface area contributed by atoms with E-state index in [4.69, 9.17) is 38.0 Å². The molecule has 0 saturated carbocycles. The van der Waals surface area contributed by atoms with Gasteiger partial charge in [-0.25, -0.2) is 14.0 Å². The number of amides is 1. The molecule has 1 saturated heterocycles. The van der Waals surface area contributed by atoms with Gasteiger partial charge in [0.15, 0.2) is 30.9 Å². The number of hydrogen-bond acceptors (Lipinski definition) is 13. The first kappa shape index (κ1) is 41.0. The molecule has 1 amide bonds. The molecule has 4 rings (SSSR count). The fourth-order valence-corrected chi connectivity index (χ4v) is 5.72. The summed E-state index contributed by atoms with van der Waals surface area (Å²) < 4.78 is 52.8. The molecule has 1 N–H and O–H groups in total. The molecule has 2 atom stereocenters. The predicted molar refractivity (Wildman–Crippen MR) is 191 cm³/mol. The van der Waals surface area contributed by atoms with E-state index in [2.05, 4.69) is 21.2 Å². The van der Waals surface area contributed by atoms with Crippen molar-refractivity contribution in [2.24, 2.45) is 0 Å². The van der Waals surface area contributed by atoms with Gasteiger partial charge in [-0.15, -0.1) is 5.06 Å². The number of ether oxygens (including phenoxy) is 7. The van der Waals surface area contributed by atoms with E-state index >= 15 is 4.39 Å². The summed E-state index contributed by atoms with van der Waals surface area (Å²) in [5.41, 5.74) is -0.732. The van der Waals surface area contributed by atoms with Crippen molar-refractivity contribution in [2.75, 3.05) is 48.0 Å². The molecule has 0 aromatic heterocycles. The number of esters is 1. The topological polar surface area (TPSA) is 157 Å². The summed E-state index contributed by atoms with van der Waals surface area (Å²) in [4.78, 5) is 58.4. The maximum Gasteiger partial charge on any atom is 0.528 e. The fraction of sp³-hybridized carbons (Fsp3) is 0.405. The molecule has 3 aromatic rings. The van der Waals surface area contributed by atoms with Crippen molar-refractivity contribution in [1.29, 1.82) is 0 Å². The van der Waals surface area contributed by atoms with Crippen LogP contribution in [0.2, 0.25) is 0 Å². The SMILES string of the molecule is COCOc1ccc(C(=O)N[C@@H]2CN(OC(=O)OC(C)(C)C)CCC[C@H]2OC(=O)c2ccc(C(=O)c3c(OCOC)ccc(OC)c3F)cc2)cc1Br. The molecule has 53 heavy (non-hydrogen) atoms. The molecule has 1 heterocycles. The van der Waals surface area contributed by atoms with Crippen molar-refractivity contribution < 1.29 is 61.6 Å². The van der Waals surface area contributed by atoms with Crippen molar-refractivity contribution in [2.45, 2.75) is 51.4 Å². The van der Waals surface area contributed by atoms with Gasteiger partial charge in [-0.05, 0) is 92.0 Å². The zero-order valence-electron chi connectivity index (χ0n) is 30.2. The Labute approximate surface area is 314 Å². The second-order valence-electron chi connectivity index (χ2n) is 12.7. The largest absolute Gasteiger partial charge is 0.528 e. The molecule has 1 aliphatic heterocycles. The maximum atomic E-state index is 15.3. The molecule has 1 fully saturated rings. The number of benzene rings is 3. The zero-order chi connectivity index (χ0) is 38.7. The lowest BCUT2D eigenvalue weighted by atomic mass is 10.00. The summed E-state index contributed by atoms with van der Waals surface area (Å²) in [5.74, 6) is -2.60. The van der Waals surface area contributed by atoms with E-state index in [9.17, 15) is 19.2 Å². The number of halogens is 2. The number of nitrogens with zero attached hydrogens (tertiary/aromatic N) is 1. The normalized spacial score (nSPS) is 16.2. The predicted octanol–water partition coefficient (Wildman–Crippen LogP) is 6.08. The number of rotatable bonds is 14. The van der Waals surface area contributed by atoms with Gasteiger partial charge in [0.1, 0.15) is 28.8 Å². The van der Waals surface area contributed by atoms with E-state index in [1.165, 1.54) is 62.8 Å². The van der Waals surface area contributed by atoms with Gasteiger partial charge in [0.2, 0.25) is 0 Å². The molecule has 0 radical (unpaired) electrons. The minimum absolute atomic E-state index is 0.0113. The number of ketones is 1. The highest BCUT2D eigenvalue weighted by Crippen LogP contribution is 2.32. The highest BCUT2D eigenvalue weighted by molar-refractivity contribution is 9.10. The van der Waals surface area contributed by atoms with Gasteiger partial charge >= 0.3 is 12.1 Å². The standard InChI is InChI=1S/C37H42BrFN2O12/c1-37(2,3)52-36(45)53-41-17-7-8-28(26(19-41)40-34(43)24-13-14-27(25(38)18-24)49-20-46-4)51-35(44)23-11-9-22(10-12-23)33(42)31-29(50-21-47-5)15-16-30(48-6)32(31)39/h9-16,18,26,28H,7-8,17,19-21H2,1-6H3,(H,40,43)/t26-,28-/m1/s1. The zero-order valence-corrected chi connectivity index (χ0v) is 31.8. The van der Waals surface area contributed by atoms with E-state index in [-0.39, 0.29) is 60.4 Å². The Kier molecular flexibility index (Phi) is 14.6. The van der Waals surface area contributed by atoms with E-state index in [1.807, 2.05) is 0 Å². The summed E-state index contributed by atoms with van der Waals surface area (Å²) in [6, 6.07) is 12.1. The molecule has 1 aliphatic rings. The lowest BCUT2D eigenvalue weighted by Gasteiger charge is -2.29. The minimum Gasteiger partial charge on any atom is -0.494 e. The number of methoxy groups -OCH3 is 3. The highest BCUT2D eigenvalue weighted by atomic mass is 79.9. The van der Waals surface area contributed by atoms with Gasteiger partial charge in [0.05, 0.1) is 29.7 Å². The molecule has 0 unspecified atom stereocenters. The third kappa shape index (κ3) is 11.4. The van der Waals surface area contributed by atoms with Gasteiger partial charge in [-0.3, -0.25) is 9.59 Å². The Bertz CT molecular complexity index is 1770. The van der Waals surface area contributed by atoms with Crippen LogP contribution >= 0.6 is 15.9 Å². The molecule has 3 aromatic carbocycles. The number of hydroxylamine groups is 2. The molecular formula is C37H42BrFN2O12. The van der Waals surface area contributed by atoms with Crippen molar-refractivity contribution >= 4 is 39.7 Å². The summed E-state index contributed by atoms with van der Waals surface area (Å²) in [5, 5.41) is 4.27. The van der Waals surface area contributed by atoms with Crippen LogP contribution in [0, 0.1) is 5.82 Å². The second-order valence-corrected chi connectivity index (χ2v) is 13.6. The average molecular weight is 806 g/mol. The Morgan fingerprint density at radius 2 is 1.47 bits per heavy atom. The minimum atomic E-state index is -0.922. The Balaban J connectivity index is 1.54. The Hall–Kier alpha value is -4.77. The van der Waals surface area contributed by atoms with E-state index in [1.54, 1.807) is 39.0 Å². The van der Waals surface area contributed by atoms with Crippen molar-refractivity contribution in [3.63, 3.8) is 0 Å². The molecule has 286 valence electrons. The monoisotopic (exact) mass is 804 g/mol. The Morgan fingerprint density at radius 1 is 0.868 bits per heavy atom. The summed E-state index contributed by atoms with van der Waals surface area (Å²) in [7, 11) is 4.14. The third-order valence-corrected chi connectivity index (χ3v) is 8.29. The third-order valence-electron chi connectivity index (χ3n) is 7.67. The van der Waals surface area contributed by atoms with Gasteiger partial charge < -0.3 is 43.3 Å². The van der Waals surface area contributed by atoms with E-state index < -0.39 is 47.4 Å². The lowest BCUT2D eigenvalue weighted by Crippen LogP contribution is -2.50. The number of hydrogen-bond donors (Lipinski definition) is 1. The van der Waals surface area contributed by atoms with Gasteiger partial charge in [-0.1, -0.05) is 12.1 Å². The van der Waals surface area contributed by atoms with Crippen LogP contribution in [0.4, 0.5) is 9.18 Å². The van der Waals surface area contributed by atoms with Crippen molar-refractivity contribution in [1.82, 2.24) is 10.4 Å². The molecule has 14 nitrogen and oxygen atoms in total. The summed E-state index contributed by atoms with van der Waals surface area (Å²) >= 11 is 3.40. The smallest absolute Gasteiger partial charge is 0.494 e. The molecule has 0 aliphatic carbocycles. The fourth-order valence-electron chi connectivity index (χ4n) is 5.23. The molecular weight excluding hydrogens is 763 g/mol. The lowest BCUT2D eigenvalue weighted by molar-refractivity contribution is -0.144. The van der Waals surface area contributed by atoms with Gasteiger partial charge in [-0.2, -0.15) is 0 Å². The number of carbonyl (C=O) groups is 4. The van der Waals surface area contributed by atoms with Crippen molar-refractivity contribution in [3.05, 3.63) is 87.1 Å². The first-order valence-electron chi connectivity index (χ1n) is 16.5. The van der Waals surface area contributed by atoms with Gasteiger partial charge in [0.25, 0.3) is 5.91 Å². The summed E-state index contributed by atoms with van der Waals surface area (Å²) in [6.07, 6.45) is -1.06. The first-order chi connectivity index (χ1) is 25.2.